The lowest BCUT2D eigenvalue weighted by Gasteiger charge is -1.92. The lowest BCUT2D eigenvalue weighted by atomic mass is 10.2. The fraction of sp³-hybridized carbons (Fsp3) is 0.182. The second kappa shape index (κ2) is 3.77. The SMILES string of the molecule is Cc1cc(C(=O)c2ccc(C=O)[nH]2)nn1C. The van der Waals surface area contributed by atoms with Crippen LogP contribution in [0.5, 0.6) is 0 Å². The van der Waals surface area contributed by atoms with Crippen molar-refractivity contribution < 1.29 is 9.59 Å². The number of H-pyrrole nitrogens is 1. The summed E-state index contributed by atoms with van der Waals surface area (Å²) in [5.74, 6) is -0.211. The van der Waals surface area contributed by atoms with Crippen LogP contribution in [0.4, 0.5) is 0 Å². The average molecular weight is 217 g/mol. The third kappa shape index (κ3) is 1.67. The fourth-order valence-corrected chi connectivity index (χ4v) is 1.42. The molecule has 0 aliphatic carbocycles. The summed E-state index contributed by atoms with van der Waals surface area (Å²) in [6.45, 7) is 1.87. The number of hydrogen-bond donors (Lipinski definition) is 1. The maximum atomic E-state index is 11.9. The molecule has 5 heteroatoms. The number of carbonyl (C=O) groups is 2. The average Bonchev–Trinajstić information content (AvgIpc) is 2.86. The van der Waals surface area contributed by atoms with Crippen molar-refractivity contribution in [2.45, 2.75) is 6.92 Å². The van der Waals surface area contributed by atoms with Gasteiger partial charge < -0.3 is 4.98 Å². The first-order chi connectivity index (χ1) is 7.61. The van der Waals surface area contributed by atoms with Gasteiger partial charge in [-0.2, -0.15) is 5.10 Å². The summed E-state index contributed by atoms with van der Waals surface area (Å²) in [7, 11) is 1.78. The summed E-state index contributed by atoms with van der Waals surface area (Å²) in [6, 6.07) is 4.86. The van der Waals surface area contributed by atoms with Gasteiger partial charge in [0.05, 0.1) is 11.4 Å². The minimum Gasteiger partial charge on any atom is -0.350 e. The van der Waals surface area contributed by atoms with Gasteiger partial charge in [-0.15, -0.1) is 0 Å². The Morgan fingerprint density at radius 3 is 2.75 bits per heavy atom. The molecule has 2 rings (SSSR count). The topological polar surface area (TPSA) is 67.8 Å². The van der Waals surface area contributed by atoms with Gasteiger partial charge in [0.15, 0.2) is 6.29 Å². The van der Waals surface area contributed by atoms with Crippen molar-refractivity contribution in [3.8, 4) is 0 Å². The van der Waals surface area contributed by atoms with Crippen LogP contribution in [0.15, 0.2) is 18.2 Å². The van der Waals surface area contributed by atoms with Crippen LogP contribution >= 0.6 is 0 Å². The van der Waals surface area contributed by atoms with E-state index in [4.69, 9.17) is 0 Å². The van der Waals surface area contributed by atoms with Crippen LogP contribution in [-0.2, 0) is 7.05 Å². The number of aromatic nitrogens is 3. The second-order valence-corrected chi connectivity index (χ2v) is 3.57. The van der Waals surface area contributed by atoms with E-state index in [9.17, 15) is 9.59 Å². The highest BCUT2D eigenvalue weighted by molar-refractivity contribution is 6.06. The number of aldehydes is 1. The van der Waals surface area contributed by atoms with E-state index in [1.807, 2.05) is 6.92 Å². The molecule has 0 saturated heterocycles. The summed E-state index contributed by atoms with van der Waals surface area (Å²) in [6.07, 6.45) is 0.667. The van der Waals surface area contributed by atoms with E-state index in [0.29, 0.717) is 23.4 Å². The number of rotatable bonds is 3. The Kier molecular flexibility index (Phi) is 2.44. The summed E-state index contributed by atoms with van der Waals surface area (Å²) in [5, 5.41) is 4.08. The van der Waals surface area contributed by atoms with Gasteiger partial charge in [-0.3, -0.25) is 14.3 Å². The Morgan fingerprint density at radius 1 is 1.50 bits per heavy atom. The van der Waals surface area contributed by atoms with Crippen LogP contribution in [0.1, 0.15) is 32.4 Å². The van der Waals surface area contributed by atoms with Gasteiger partial charge in [-0.05, 0) is 25.1 Å². The number of carbonyl (C=O) groups excluding carboxylic acids is 2. The van der Waals surface area contributed by atoms with Crippen molar-refractivity contribution >= 4 is 12.1 Å². The van der Waals surface area contributed by atoms with E-state index in [1.165, 1.54) is 0 Å². The van der Waals surface area contributed by atoms with Gasteiger partial charge in [0, 0.05) is 12.7 Å². The van der Waals surface area contributed by atoms with Crippen molar-refractivity contribution in [3.05, 3.63) is 41.0 Å². The Balaban J connectivity index is 2.34. The Morgan fingerprint density at radius 2 is 2.25 bits per heavy atom. The molecule has 0 bridgehead atoms. The predicted octanol–water partition coefficient (Wildman–Crippen LogP) is 1.10. The largest absolute Gasteiger partial charge is 0.350 e. The van der Waals surface area contributed by atoms with Gasteiger partial charge in [0.2, 0.25) is 5.78 Å². The number of ketones is 1. The molecule has 2 aromatic heterocycles. The fourth-order valence-electron chi connectivity index (χ4n) is 1.42. The van der Waals surface area contributed by atoms with Crippen LogP contribution < -0.4 is 0 Å². The molecule has 0 aliphatic heterocycles. The third-order valence-electron chi connectivity index (χ3n) is 2.43. The first-order valence-corrected chi connectivity index (χ1v) is 4.81. The van der Waals surface area contributed by atoms with E-state index >= 15 is 0 Å². The zero-order valence-corrected chi connectivity index (χ0v) is 9.02. The highest BCUT2D eigenvalue weighted by atomic mass is 16.1. The first-order valence-electron chi connectivity index (χ1n) is 4.81. The van der Waals surface area contributed by atoms with E-state index in [-0.39, 0.29) is 5.78 Å². The summed E-state index contributed by atoms with van der Waals surface area (Å²) >= 11 is 0. The standard InChI is InChI=1S/C11H11N3O2/c1-7-5-10(13-14(7)2)11(16)9-4-3-8(6-15)12-9/h3-6,12H,1-2H3. The summed E-state index contributed by atoms with van der Waals surface area (Å²) in [5.41, 5.74) is 2.04. The summed E-state index contributed by atoms with van der Waals surface area (Å²) in [4.78, 5) is 25.1. The molecule has 0 atom stereocenters. The monoisotopic (exact) mass is 217 g/mol. The molecule has 0 aliphatic rings. The second-order valence-electron chi connectivity index (χ2n) is 3.57. The third-order valence-corrected chi connectivity index (χ3v) is 2.43. The Bertz CT molecular complexity index is 532. The van der Waals surface area contributed by atoms with Crippen LogP contribution in [0, 0.1) is 6.92 Å². The number of nitrogens with one attached hydrogen (secondary N) is 1. The van der Waals surface area contributed by atoms with Crippen LogP contribution in [-0.4, -0.2) is 26.8 Å². The van der Waals surface area contributed by atoms with Gasteiger partial charge in [-0.25, -0.2) is 0 Å². The molecule has 2 heterocycles. The minimum absolute atomic E-state index is 0.211. The van der Waals surface area contributed by atoms with Crippen molar-refractivity contribution in [3.63, 3.8) is 0 Å². The van der Waals surface area contributed by atoms with Crippen LogP contribution in [0.25, 0.3) is 0 Å². The maximum Gasteiger partial charge on any atom is 0.229 e. The van der Waals surface area contributed by atoms with Crippen molar-refractivity contribution in [1.29, 1.82) is 0 Å². The van der Waals surface area contributed by atoms with Gasteiger partial charge in [-0.1, -0.05) is 0 Å². The van der Waals surface area contributed by atoms with Crippen molar-refractivity contribution in [1.82, 2.24) is 14.8 Å². The van der Waals surface area contributed by atoms with Crippen molar-refractivity contribution in [2.75, 3.05) is 0 Å². The maximum absolute atomic E-state index is 11.9. The molecule has 0 amide bonds. The molecule has 0 unspecified atom stereocenters. The quantitative estimate of drug-likeness (QED) is 0.618. The van der Waals surface area contributed by atoms with Crippen LogP contribution in [0.2, 0.25) is 0 Å². The Labute approximate surface area is 92.1 Å². The molecule has 0 saturated carbocycles. The molecular formula is C11H11N3O2. The minimum atomic E-state index is -0.211. The van der Waals surface area contributed by atoms with E-state index < -0.39 is 0 Å². The van der Waals surface area contributed by atoms with Gasteiger partial charge in [0.25, 0.3) is 0 Å². The van der Waals surface area contributed by atoms with Gasteiger partial charge >= 0.3 is 0 Å². The predicted molar refractivity (Wildman–Crippen MR) is 57.6 cm³/mol. The highest BCUT2D eigenvalue weighted by Gasteiger charge is 2.14. The smallest absolute Gasteiger partial charge is 0.229 e. The molecule has 0 aromatic carbocycles. The molecule has 16 heavy (non-hydrogen) atoms. The number of aromatic amines is 1. The van der Waals surface area contributed by atoms with E-state index in [2.05, 4.69) is 10.1 Å². The molecule has 0 spiro atoms. The normalized spacial score (nSPS) is 10.4. The lowest BCUT2D eigenvalue weighted by Crippen LogP contribution is -2.04. The number of nitrogens with zero attached hydrogens (tertiary/aromatic N) is 2. The zero-order valence-electron chi connectivity index (χ0n) is 9.02. The van der Waals surface area contributed by atoms with Crippen molar-refractivity contribution in [2.24, 2.45) is 7.05 Å². The zero-order chi connectivity index (χ0) is 11.7. The summed E-state index contributed by atoms with van der Waals surface area (Å²) < 4.78 is 1.64. The Hall–Kier alpha value is -2.17. The van der Waals surface area contributed by atoms with Crippen LogP contribution in [0.3, 0.4) is 0 Å². The number of hydrogen-bond acceptors (Lipinski definition) is 3. The highest BCUT2D eigenvalue weighted by Crippen LogP contribution is 2.09. The van der Waals surface area contributed by atoms with E-state index in [1.54, 1.807) is 29.9 Å². The molecule has 0 fully saturated rings. The molecule has 82 valence electrons. The molecule has 5 nitrogen and oxygen atoms in total. The molecule has 2 aromatic rings. The van der Waals surface area contributed by atoms with Gasteiger partial charge in [0.1, 0.15) is 5.69 Å². The molecule has 0 radical (unpaired) electrons. The molecule has 1 N–H and O–H groups in total. The van der Waals surface area contributed by atoms with E-state index in [0.717, 1.165) is 5.69 Å². The lowest BCUT2D eigenvalue weighted by molar-refractivity contribution is 0.102. The number of aryl methyl sites for hydroxylation is 2. The first kappa shape index (κ1) is 10.4. The molecular weight excluding hydrogens is 206 g/mol.